The Hall–Kier alpha value is -1.82. The zero-order chi connectivity index (χ0) is 14.4. The van der Waals surface area contributed by atoms with Gasteiger partial charge in [0, 0.05) is 0 Å². The van der Waals surface area contributed by atoms with E-state index in [0.29, 0.717) is 10.9 Å². The lowest BCUT2D eigenvalue weighted by Crippen LogP contribution is -2.19. The highest BCUT2D eigenvalue weighted by molar-refractivity contribution is 8.15. The van der Waals surface area contributed by atoms with Crippen LogP contribution in [0.2, 0.25) is 0 Å². The van der Waals surface area contributed by atoms with Crippen molar-refractivity contribution in [2.45, 2.75) is 26.4 Å². The summed E-state index contributed by atoms with van der Waals surface area (Å²) in [4.78, 5) is 11.0. The van der Waals surface area contributed by atoms with Crippen LogP contribution in [0.1, 0.15) is 25.8 Å². The van der Waals surface area contributed by atoms with Gasteiger partial charge in [-0.3, -0.25) is 4.79 Å². The number of rotatable bonds is 5. The minimum atomic E-state index is -0.0344. The van der Waals surface area contributed by atoms with Gasteiger partial charge < -0.3 is 10.1 Å². The molecule has 1 aliphatic heterocycles. The maximum Gasteiger partial charge on any atom is 0.236 e. The Morgan fingerprint density at radius 1 is 1.55 bits per heavy atom. The van der Waals surface area contributed by atoms with Crippen molar-refractivity contribution in [1.29, 1.82) is 0 Å². The van der Waals surface area contributed by atoms with Crippen LogP contribution in [0.3, 0.4) is 0 Å². The molecule has 1 aromatic rings. The first-order valence-electron chi connectivity index (χ1n) is 6.47. The first-order chi connectivity index (χ1) is 9.67. The minimum absolute atomic E-state index is 0.0344. The summed E-state index contributed by atoms with van der Waals surface area (Å²) in [6.07, 6.45) is 2.79. The van der Waals surface area contributed by atoms with Crippen LogP contribution in [0, 0.1) is 0 Å². The lowest BCUT2D eigenvalue weighted by Gasteiger charge is -2.12. The molecule has 20 heavy (non-hydrogen) atoms. The number of benzene rings is 1. The average Bonchev–Trinajstić information content (AvgIpc) is 2.85. The number of ether oxygens (including phenoxy) is 1. The number of hydrogen-bond acceptors (Lipinski definition) is 5. The summed E-state index contributed by atoms with van der Waals surface area (Å²) >= 11 is 1.35. The molecule has 106 valence electrons. The van der Waals surface area contributed by atoms with Gasteiger partial charge in [0.2, 0.25) is 5.91 Å². The van der Waals surface area contributed by atoms with Crippen LogP contribution in [-0.4, -0.2) is 29.1 Å². The van der Waals surface area contributed by atoms with Crippen LogP contribution < -0.4 is 10.1 Å². The second-order valence-electron chi connectivity index (χ2n) is 4.40. The number of thioether (sulfide) groups is 1. The number of carbonyl (C=O) groups is 1. The number of carbonyl (C=O) groups excluding carboxylic acids is 1. The first kappa shape index (κ1) is 14.6. The van der Waals surface area contributed by atoms with Crippen LogP contribution >= 0.6 is 11.8 Å². The molecule has 2 rings (SSSR count). The predicted molar refractivity (Wildman–Crippen MR) is 82.5 cm³/mol. The molecule has 0 bridgehead atoms. The van der Waals surface area contributed by atoms with Gasteiger partial charge in [0.15, 0.2) is 5.17 Å². The summed E-state index contributed by atoms with van der Waals surface area (Å²) in [5.41, 5.74) is 0.907. The molecule has 1 heterocycles. The van der Waals surface area contributed by atoms with E-state index < -0.39 is 0 Å². The lowest BCUT2D eigenvalue weighted by atomic mass is 10.2. The number of amidine groups is 1. The Labute approximate surface area is 122 Å². The van der Waals surface area contributed by atoms with Gasteiger partial charge in [-0.15, -0.1) is 5.10 Å². The fourth-order valence-electron chi connectivity index (χ4n) is 1.51. The maximum atomic E-state index is 11.0. The molecule has 0 radical (unpaired) electrons. The minimum Gasteiger partial charge on any atom is -0.491 e. The van der Waals surface area contributed by atoms with Crippen molar-refractivity contribution in [1.82, 2.24) is 5.32 Å². The van der Waals surface area contributed by atoms with E-state index in [0.717, 1.165) is 17.7 Å². The summed E-state index contributed by atoms with van der Waals surface area (Å²) in [5.74, 6) is 1.19. The summed E-state index contributed by atoms with van der Waals surface area (Å²) in [6.45, 7) is 4.12. The Morgan fingerprint density at radius 2 is 2.40 bits per heavy atom. The second-order valence-corrected chi connectivity index (χ2v) is 5.36. The van der Waals surface area contributed by atoms with Crippen molar-refractivity contribution >= 4 is 29.1 Å². The van der Waals surface area contributed by atoms with Gasteiger partial charge in [0.25, 0.3) is 0 Å². The maximum absolute atomic E-state index is 11.0. The molecule has 0 saturated carbocycles. The zero-order valence-electron chi connectivity index (χ0n) is 11.5. The van der Waals surface area contributed by atoms with Crippen molar-refractivity contribution in [3.05, 3.63) is 29.8 Å². The van der Waals surface area contributed by atoms with Crippen LogP contribution in [0.15, 0.2) is 34.5 Å². The van der Waals surface area contributed by atoms with Gasteiger partial charge in [-0.05, 0) is 31.0 Å². The second kappa shape index (κ2) is 7.09. The lowest BCUT2D eigenvalue weighted by molar-refractivity contribution is -0.116. The van der Waals surface area contributed by atoms with Crippen LogP contribution in [0.5, 0.6) is 5.75 Å². The monoisotopic (exact) mass is 291 g/mol. The standard InChI is InChI=1S/C14H17N3O2S/c1-3-10(2)19-12-6-4-5-11(7-12)8-15-17-14-16-13(18)9-20-14/h4-8,10H,3,9H2,1-2H3,(H,16,17,18). The van der Waals surface area contributed by atoms with E-state index >= 15 is 0 Å². The molecule has 1 saturated heterocycles. The molecule has 1 fully saturated rings. The van der Waals surface area contributed by atoms with Gasteiger partial charge in [0.1, 0.15) is 5.75 Å². The van der Waals surface area contributed by atoms with E-state index in [2.05, 4.69) is 22.4 Å². The van der Waals surface area contributed by atoms with E-state index in [1.165, 1.54) is 11.8 Å². The largest absolute Gasteiger partial charge is 0.491 e. The molecule has 1 N–H and O–H groups in total. The molecule has 1 aliphatic rings. The van der Waals surface area contributed by atoms with E-state index in [1.54, 1.807) is 6.21 Å². The molecule has 1 atom stereocenters. The molecule has 0 spiro atoms. The highest BCUT2D eigenvalue weighted by atomic mass is 32.2. The van der Waals surface area contributed by atoms with Gasteiger partial charge in [-0.2, -0.15) is 5.10 Å². The SMILES string of the molecule is CCC(C)Oc1cccc(C=NN=C2NC(=O)CS2)c1. The molecule has 1 aromatic carbocycles. The fraction of sp³-hybridized carbons (Fsp3) is 0.357. The van der Waals surface area contributed by atoms with E-state index in [1.807, 2.05) is 31.2 Å². The fourth-order valence-corrected chi connectivity index (χ4v) is 2.14. The quantitative estimate of drug-likeness (QED) is 0.669. The molecule has 0 aromatic heterocycles. The number of amides is 1. The number of hydrogen-bond donors (Lipinski definition) is 1. The molecule has 6 heteroatoms. The third-order valence-corrected chi connectivity index (χ3v) is 3.58. The Balaban J connectivity index is 1.99. The molecule has 1 unspecified atom stereocenters. The Bertz CT molecular complexity index is 543. The van der Waals surface area contributed by atoms with Crippen molar-refractivity contribution in [3.8, 4) is 5.75 Å². The van der Waals surface area contributed by atoms with Crippen molar-refractivity contribution < 1.29 is 9.53 Å². The van der Waals surface area contributed by atoms with E-state index in [4.69, 9.17) is 4.74 Å². The average molecular weight is 291 g/mol. The van der Waals surface area contributed by atoms with E-state index in [-0.39, 0.29) is 12.0 Å². The highest BCUT2D eigenvalue weighted by Gasteiger charge is 2.15. The van der Waals surface area contributed by atoms with Gasteiger partial charge >= 0.3 is 0 Å². The van der Waals surface area contributed by atoms with Gasteiger partial charge in [-0.25, -0.2) is 0 Å². The summed E-state index contributed by atoms with van der Waals surface area (Å²) in [6, 6.07) is 7.67. The van der Waals surface area contributed by atoms with Gasteiger partial charge in [-0.1, -0.05) is 30.8 Å². The van der Waals surface area contributed by atoms with Crippen LogP contribution in [-0.2, 0) is 4.79 Å². The first-order valence-corrected chi connectivity index (χ1v) is 7.46. The third-order valence-electron chi connectivity index (χ3n) is 2.71. The Morgan fingerprint density at radius 3 is 3.10 bits per heavy atom. The normalized spacial score (nSPS) is 18.5. The van der Waals surface area contributed by atoms with E-state index in [9.17, 15) is 4.79 Å². The Kier molecular flexibility index (Phi) is 5.17. The highest BCUT2D eigenvalue weighted by Crippen LogP contribution is 2.15. The zero-order valence-corrected chi connectivity index (χ0v) is 12.3. The summed E-state index contributed by atoms with van der Waals surface area (Å²) in [5, 5.41) is 11.1. The van der Waals surface area contributed by atoms with Crippen LogP contribution in [0.4, 0.5) is 0 Å². The van der Waals surface area contributed by atoms with Crippen molar-refractivity contribution in [3.63, 3.8) is 0 Å². The van der Waals surface area contributed by atoms with Gasteiger partial charge in [0.05, 0.1) is 18.1 Å². The van der Waals surface area contributed by atoms with Crippen molar-refractivity contribution in [2.75, 3.05) is 5.75 Å². The van der Waals surface area contributed by atoms with Crippen molar-refractivity contribution in [2.24, 2.45) is 10.2 Å². The predicted octanol–water partition coefficient (Wildman–Crippen LogP) is 2.42. The topological polar surface area (TPSA) is 63.1 Å². The summed E-state index contributed by atoms with van der Waals surface area (Å²) < 4.78 is 5.74. The molecular formula is C14H17N3O2S. The summed E-state index contributed by atoms with van der Waals surface area (Å²) in [7, 11) is 0. The number of nitrogens with one attached hydrogen (secondary N) is 1. The smallest absolute Gasteiger partial charge is 0.236 e. The molecular weight excluding hydrogens is 274 g/mol. The number of nitrogens with zero attached hydrogens (tertiary/aromatic N) is 2. The third kappa shape index (κ3) is 4.38. The molecule has 5 nitrogen and oxygen atoms in total. The molecule has 1 amide bonds. The van der Waals surface area contributed by atoms with Crippen LogP contribution in [0.25, 0.3) is 0 Å². The molecule has 0 aliphatic carbocycles.